The SMILES string of the molecule is O=C(O)/C=C/c1ccc(OC2CCCCO2)cc1. The zero-order chi connectivity index (χ0) is 12.8. The lowest BCUT2D eigenvalue weighted by atomic mass is 10.2. The number of aliphatic carboxylic acids is 1. The summed E-state index contributed by atoms with van der Waals surface area (Å²) in [6.45, 7) is 0.754. The Balaban J connectivity index is 1.92. The Morgan fingerprint density at radius 1 is 1.33 bits per heavy atom. The van der Waals surface area contributed by atoms with Crippen LogP contribution in [0.2, 0.25) is 0 Å². The van der Waals surface area contributed by atoms with Gasteiger partial charge in [-0.3, -0.25) is 0 Å². The predicted octanol–water partition coefficient (Wildman–Crippen LogP) is 2.69. The number of carboxylic acids is 1. The van der Waals surface area contributed by atoms with E-state index >= 15 is 0 Å². The first-order valence-electron chi connectivity index (χ1n) is 6.03. The molecule has 0 bridgehead atoms. The van der Waals surface area contributed by atoms with Gasteiger partial charge in [0.2, 0.25) is 0 Å². The van der Waals surface area contributed by atoms with Gasteiger partial charge in [-0.2, -0.15) is 0 Å². The Hall–Kier alpha value is -1.81. The van der Waals surface area contributed by atoms with Crippen molar-refractivity contribution in [3.63, 3.8) is 0 Å². The third kappa shape index (κ3) is 3.89. The zero-order valence-electron chi connectivity index (χ0n) is 10.0. The first-order valence-corrected chi connectivity index (χ1v) is 6.03. The Morgan fingerprint density at radius 3 is 2.72 bits per heavy atom. The van der Waals surface area contributed by atoms with Gasteiger partial charge in [-0.1, -0.05) is 12.1 Å². The second kappa shape index (κ2) is 6.21. The third-order valence-corrected chi connectivity index (χ3v) is 2.70. The molecular weight excluding hydrogens is 232 g/mol. The van der Waals surface area contributed by atoms with Crippen LogP contribution in [0, 0.1) is 0 Å². The largest absolute Gasteiger partial charge is 0.478 e. The minimum absolute atomic E-state index is 0.154. The van der Waals surface area contributed by atoms with E-state index in [2.05, 4.69) is 0 Å². The van der Waals surface area contributed by atoms with Gasteiger partial charge in [0.15, 0.2) is 6.29 Å². The fraction of sp³-hybridized carbons (Fsp3) is 0.357. The number of carboxylic acid groups (broad SMARTS) is 1. The standard InChI is InChI=1S/C14H16O4/c15-13(16)9-6-11-4-7-12(8-5-11)18-14-3-1-2-10-17-14/h4-9,14H,1-3,10H2,(H,15,16)/b9-6+. The van der Waals surface area contributed by atoms with Crippen molar-refractivity contribution in [1.82, 2.24) is 0 Å². The molecule has 1 unspecified atom stereocenters. The molecule has 0 saturated carbocycles. The molecule has 0 amide bonds. The van der Waals surface area contributed by atoms with E-state index in [1.165, 1.54) is 0 Å². The smallest absolute Gasteiger partial charge is 0.328 e. The molecule has 4 nitrogen and oxygen atoms in total. The van der Waals surface area contributed by atoms with E-state index in [1.807, 2.05) is 24.3 Å². The number of ether oxygens (including phenoxy) is 2. The summed E-state index contributed by atoms with van der Waals surface area (Å²) >= 11 is 0. The molecule has 96 valence electrons. The molecule has 0 spiro atoms. The number of hydrogen-bond donors (Lipinski definition) is 1. The molecule has 1 saturated heterocycles. The molecule has 1 aliphatic rings. The van der Waals surface area contributed by atoms with Crippen molar-refractivity contribution in [2.45, 2.75) is 25.6 Å². The van der Waals surface area contributed by atoms with Crippen LogP contribution >= 0.6 is 0 Å². The highest BCUT2D eigenvalue weighted by atomic mass is 16.7. The number of benzene rings is 1. The van der Waals surface area contributed by atoms with Gasteiger partial charge < -0.3 is 14.6 Å². The molecule has 1 heterocycles. The summed E-state index contributed by atoms with van der Waals surface area (Å²) in [6, 6.07) is 7.27. The van der Waals surface area contributed by atoms with Gasteiger partial charge in [-0.05, 0) is 36.6 Å². The molecule has 0 radical (unpaired) electrons. The Kier molecular flexibility index (Phi) is 4.36. The van der Waals surface area contributed by atoms with Crippen molar-refractivity contribution in [3.8, 4) is 5.75 Å². The highest BCUT2D eigenvalue weighted by Crippen LogP contribution is 2.19. The van der Waals surface area contributed by atoms with Gasteiger partial charge in [0, 0.05) is 12.5 Å². The van der Waals surface area contributed by atoms with Crippen LogP contribution < -0.4 is 4.74 Å². The van der Waals surface area contributed by atoms with Gasteiger partial charge in [-0.15, -0.1) is 0 Å². The first kappa shape index (κ1) is 12.6. The van der Waals surface area contributed by atoms with Crippen LogP contribution in [0.5, 0.6) is 5.75 Å². The molecule has 1 aromatic rings. The predicted molar refractivity (Wildman–Crippen MR) is 67.3 cm³/mol. The van der Waals surface area contributed by atoms with Gasteiger partial charge in [0.1, 0.15) is 5.75 Å². The van der Waals surface area contributed by atoms with E-state index in [9.17, 15) is 4.79 Å². The summed E-state index contributed by atoms with van der Waals surface area (Å²) in [7, 11) is 0. The van der Waals surface area contributed by atoms with Crippen LogP contribution in [-0.4, -0.2) is 24.0 Å². The van der Waals surface area contributed by atoms with Gasteiger partial charge in [0.05, 0.1) is 6.61 Å². The van der Waals surface area contributed by atoms with Crippen LogP contribution in [0.4, 0.5) is 0 Å². The van der Waals surface area contributed by atoms with E-state index in [0.29, 0.717) is 0 Å². The second-order valence-electron chi connectivity index (χ2n) is 4.15. The molecule has 1 atom stereocenters. The average Bonchev–Trinajstić information content (AvgIpc) is 2.39. The first-order chi connectivity index (χ1) is 8.74. The molecule has 1 N–H and O–H groups in total. The molecule has 0 aromatic heterocycles. The van der Waals surface area contributed by atoms with Crippen molar-refractivity contribution in [2.75, 3.05) is 6.61 Å². The number of hydrogen-bond acceptors (Lipinski definition) is 3. The number of rotatable bonds is 4. The third-order valence-electron chi connectivity index (χ3n) is 2.70. The summed E-state index contributed by atoms with van der Waals surface area (Å²) in [5.41, 5.74) is 0.828. The minimum Gasteiger partial charge on any atom is -0.478 e. The maximum Gasteiger partial charge on any atom is 0.328 e. The lowest BCUT2D eigenvalue weighted by Crippen LogP contribution is -2.24. The monoisotopic (exact) mass is 248 g/mol. The van der Waals surface area contributed by atoms with Crippen molar-refractivity contribution in [3.05, 3.63) is 35.9 Å². The lowest BCUT2D eigenvalue weighted by Gasteiger charge is -2.23. The number of carbonyl (C=O) groups is 1. The van der Waals surface area contributed by atoms with Crippen LogP contribution in [0.1, 0.15) is 24.8 Å². The highest BCUT2D eigenvalue weighted by Gasteiger charge is 2.14. The maximum atomic E-state index is 10.4. The normalized spacial score (nSPS) is 19.9. The fourth-order valence-electron chi connectivity index (χ4n) is 1.78. The average molecular weight is 248 g/mol. The van der Waals surface area contributed by atoms with E-state index in [1.54, 1.807) is 6.08 Å². The van der Waals surface area contributed by atoms with E-state index < -0.39 is 5.97 Å². The Morgan fingerprint density at radius 2 is 2.11 bits per heavy atom. The molecule has 4 heteroatoms. The lowest BCUT2D eigenvalue weighted by molar-refractivity contribution is -0.131. The molecule has 1 fully saturated rings. The van der Waals surface area contributed by atoms with Crippen LogP contribution in [0.25, 0.3) is 6.08 Å². The van der Waals surface area contributed by atoms with Gasteiger partial charge >= 0.3 is 5.97 Å². The van der Waals surface area contributed by atoms with Crippen molar-refractivity contribution in [2.24, 2.45) is 0 Å². The van der Waals surface area contributed by atoms with Crippen LogP contribution in [-0.2, 0) is 9.53 Å². The Bertz CT molecular complexity index is 416. The minimum atomic E-state index is -0.953. The van der Waals surface area contributed by atoms with Crippen molar-refractivity contribution >= 4 is 12.0 Å². The van der Waals surface area contributed by atoms with Gasteiger partial charge in [-0.25, -0.2) is 4.79 Å². The topological polar surface area (TPSA) is 55.8 Å². The van der Waals surface area contributed by atoms with Crippen molar-refractivity contribution < 1.29 is 19.4 Å². The van der Waals surface area contributed by atoms with Crippen LogP contribution in [0.3, 0.4) is 0 Å². The summed E-state index contributed by atoms with van der Waals surface area (Å²) in [5, 5.41) is 8.52. The van der Waals surface area contributed by atoms with Crippen LogP contribution in [0.15, 0.2) is 30.3 Å². The fourth-order valence-corrected chi connectivity index (χ4v) is 1.78. The summed E-state index contributed by atoms with van der Waals surface area (Å²) < 4.78 is 11.2. The summed E-state index contributed by atoms with van der Waals surface area (Å²) in [4.78, 5) is 10.4. The van der Waals surface area contributed by atoms with E-state index in [0.717, 1.165) is 43.3 Å². The maximum absolute atomic E-state index is 10.4. The Labute approximate surface area is 106 Å². The summed E-state index contributed by atoms with van der Waals surface area (Å²) in [6.07, 6.45) is 5.64. The molecule has 2 rings (SSSR count). The molecule has 18 heavy (non-hydrogen) atoms. The zero-order valence-corrected chi connectivity index (χ0v) is 10.0. The summed E-state index contributed by atoms with van der Waals surface area (Å²) in [5.74, 6) is -0.208. The van der Waals surface area contributed by atoms with Gasteiger partial charge in [0.25, 0.3) is 0 Å². The van der Waals surface area contributed by atoms with E-state index in [-0.39, 0.29) is 6.29 Å². The quantitative estimate of drug-likeness (QED) is 0.832. The molecular formula is C14H16O4. The highest BCUT2D eigenvalue weighted by molar-refractivity contribution is 5.85. The molecule has 1 aromatic carbocycles. The molecule has 0 aliphatic carbocycles. The van der Waals surface area contributed by atoms with Crippen molar-refractivity contribution in [1.29, 1.82) is 0 Å². The molecule has 1 aliphatic heterocycles. The second-order valence-corrected chi connectivity index (χ2v) is 4.15. The van der Waals surface area contributed by atoms with E-state index in [4.69, 9.17) is 14.6 Å².